The molecule has 0 spiro atoms. The van der Waals surface area contributed by atoms with E-state index in [-0.39, 0.29) is 36.3 Å². The van der Waals surface area contributed by atoms with E-state index in [1.807, 2.05) is 24.4 Å². The zero-order chi connectivity index (χ0) is 14.9. The Morgan fingerprint density at radius 3 is 2.65 bits per heavy atom. The maximum Gasteiger partial charge on any atom is 0.263 e. The van der Waals surface area contributed by atoms with Gasteiger partial charge in [-0.25, -0.2) is 4.98 Å². The quantitative estimate of drug-likeness (QED) is 0.823. The zero-order valence-electron chi connectivity index (χ0n) is 12.8. The lowest BCUT2D eigenvalue weighted by Gasteiger charge is -2.28. The van der Waals surface area contributed by atoms with Gasteiger partial charge in [0.15, 0.2) is 0 Å². The van der Waals surface area contributed by atoms with E-state index in [4.69, 9.17) is 5.73 Å². The Kier molecular flexibility index (Phi) is 7.48. The van der Waals surface area contributed by atoms with Crippen LogP contribution < -0.4 is 11.1 Å². The molecule has 128 valence electrons. The number of halogens is 2. The van der Waals surface area contributed by atoms with Crippen molar-refractivity contribution in [3.8, 4) is 9.88 Å². The number of thiophene rings is 1. The second-order valence-corrected chi connectivity index (χ2v) is 7.50. The molecule has 1 saturated carbocycles. The van der Waals surface area contributed by atoms with Gasteiger partial charge in [-0.15, -0.1) is 47.5 Å². The molecule has 0 radical (unpaired) electrons. The van der Waals surface area contributed by atoms with Gasteiger partial charge in [-0.3, -0.25) is 4.79 Å². The number of aromatic nitrogens is 1. The molecule has 1 aliphatic carbocycles. The van der Waals surface area contributed by atoms with Crippen LogP contribution >= 0.6 is 47.5 Å². The summed E-state index contributed by atoms with van der Waals surface area (Å²) in [4.78, 5) is 18.9. The van der Waals surface area contributed by atoms with E-state index < -0.39 is 0 Å². The molecule has 8 heteroatoms. The zero-order valence-corrected chi connectivity index (χ0v) is 16.1. The molecular formula is C15H21Cl2N3OS2. The monoisotopic (exact) mass is 393 g/mol. The van der Waals surface area contributed by atoms with Crippen LogP contribution in [0.25, 0.3) is 9.88 Å². The second kappa shape index (κ2) is 8.44. The van der Waals surface area contributed by atoms with Crippen LogP contribution in [0.4, 0.5) is 0 Å². The van der Waals surface area contributed by atoms with Crippen molar-refractivity contribution in [2.45, 2.75) is 38.1 Å². The molecule has 1 aliphatic rings. The number of carbonyl (C=O) groups excluding carboxylic acids is 1. The number of thiazole rings is 1. The van der Waals surface area contributed by atoms with Crippen LogP contribution in [0.15, 0.2) is 17.5 Å². The third-order valence-corrected chi connectivity index (χ3v) is 6.26. The average molecular weight is 394 g/mol. The van der Waals surface area contributed by atoms with Gasteiger partial charge in [-0.05, 0) is 31.2 Å². The molecule has 0 atom stereocenters. The smallest absolute Gasteiger partial charge is 0.263 e. The Morgan fingerprint density at radius 1 is 1.39 bits per heavy atom. The molecule has 0 unspecified atom stereocenters. The molecule has 0 aliphatic heterocycles. The van der Waals surface area contributed by atoms with Gasteiger partial charge in [0.1, 0.15) is 9.88 Å². The van der Waals surface area contributed by atoms with Gasteiger partial charge in [0.25, 0.3) is 5.91 Å². The van der Waals surface area contributed by atoms with E-state index in [2.05, 4.69) is 10.3 Å². The Hall–Kier alpha value is -0.660. The molecule has 2 aromatic rings. The number of rotatable bonds is 4. The lowest BCUT2D eigenvalue weighted by atomic mass is 9.98. The standard InChI is InChI=1S/C15H19N3OS2.2ClH/c1-10-12(21-14(17-10)11-5-4-8-20-11)13(19)18-15(9-16)6-2-3-7-15;;/h4-5,8H,2-3,6-7,9,16H2,1H3,(H,18,19);2*1H. The SMILES string of the molecule is Cc1nc(-c2cccs2)sc1C(=O)NC1(CN)CCCC1.Cl.Cl. The van der Waals surface area contributed by atoms with Crippen molar-refractivity contribution >= 4 is 53.4 Å². The Balaban J connectivity index is 0.00000132. The van der Waals surface area contributed by atoms with Gasteiger partial charge in [0.05, 0.1) is 16.1 Å². The molecule has 4 nitrogen and oxygen atoms in total. The normalized spacial score (nSPS) is 15.6. The van der Waals surface area contributed by atoms with Gasteiger partial charge in [-0.1, -0.05) is 18.9 Å². The molecule has 23 heavy (non-hydrogen) atoms. The first-order chi connectivity index (χ1) is 10.1. The van der Waals surface area contributed by atoms with Crippen LogP contribution in [-0.4, -0.2) is 23.0 Å². The van der Waals surface area contributed by atoms with Crippen LogP contribution in [0.1, 0.15) is 41.0 Å². The summed E-state index contributed by atoms with van der Waals surface area (Å²) in [6, 6.07) is 4.03. The predicted octanol–water partition coefficient (Wildman–Crippen LogP) is 4.02. The summed E-state index contributed by atoms with van der Waals surface area (Å²) in [5.41, 5.74) is 6.48. The average Bonchev–Trinajstić information content (AvgIpc) is 3.18. The molecule has 0 saturated heterocycles. The first kappa shape index (κ1) is 20.4. The van der Waals surface area contributed by atoms with Crippen molar-refractivity contribution in [2.75, 3.05) is 6.54 Å². The summed E-state index contributed by atoms with van der Waals surface area (Å²) in [7, 11) is 0. The Bertz CT molecular complexity index is 637. The van der Waals surface area contributed by atoms with Crippen LogP contribution in [0, 0.1) is 6.92 Å². The summed E-state index contributed by atoms with van der Waals surface area (Å²) in [5, 5.41) is 6.11. The Labute approximate surface area is 156 Å². The third-order valence-electron chi connectivity index (χ3n) is 4.06. The number of aryl methyl sites for hydroxylation is 1. The molecule has 1 amide bonds. The van der Waals surface area contributed by atoms with Crippen molar-refractivity contribution in [3.63, 3.8) is 0 Å². The lowest BCUT2D eigenvalue weighted by molar-refractivity contribution is 0.0906. The molecule has 3 N–H and O–H groups in total. The first-order valence-electron chi connectivity index (χ1n) is 7.17. The molecule has 2 aromatic heterocycles. The highest BCUT2D eigenvalue weighted by Crippen LogP contribution is 2.33. The largest absolute Gasteiger partial charge is 0.345 e. The number of carbonyl (C=O) groups is 1. The van der Waals surface area contributed by atoms with Gasteiger partial charge >= 0.3 is 0 Å². The van der Waals surface area contributed by atoms with Crippen LogP contribution in [0.2, 0.25) is 0 Å². The summed E-state index contributed by atoms with van der Waals surface area (Å²) < 4.78 is 0. The van der Waals surface area contributed by atoms with Gasteiger partial charge in [0, 0.05) is 6.54 Å². The van der Waals surface area contributed by atoms with Gasteiger partial charge in [0.2, 0.25) is 0 Å². The minimum Gasteiger partial charge on any atom is -0.345 e. The number of hydrogen-bond acceptors (Lipinski definition) is 5. The van der Waals surface area contributed by atoms with E-state index in [0.29, 0.717) is 11.4 Å². The van der Waals surface area contributed by atoms with Gasteiger partial charge in [-0.2, -0.15) is 0 Å². The second-order valence-electron chi connectivity index (χ2n) is 5.56. The fourth-order valence-corrected chi connectivity index (χ4v) is 4.60. The maximum atomic E-state index is 12.6. The van der Waals surface area contributed by atoms with E-state index in [9.17, 15) is 4.79 Å². The highest BCUT2D eigenvalue weighted by molar-refractivity contribution is 7.22. The van der Waals surface area contributed by atoms with Crippen molar-refractivity contribution in [1.29, 1.82) is 0 Å². The summed E-state index contributed by atoms with van der Waals surface area (Å²) in [5.74, 6) is -0.0276. The van der Waals surface area contributed by atoms with Crippen molar-refractivity contribution in [2.24, 2.45) is 5.73 Å². The molecule has 0 bridgehead atoms. The first-order valence-corrected chi connectivity index (χ1v) is 8.87. The topological polar surface area (TPSA) is 68.0 Å². The van der Waals surface area contributed by atoms with Crippen LogP contribution in [-0.2, 0) is 0 Å². The molecular weight excluding hydrogens is 373 g/mol. The van der Waals surface area contributed by atoms with Crippen molar-refractivity contribution in [3.05, 3.63) is 28.1 Å². The number of nitrogens with two attached hydrogens (primary N) is 1. The maximum absolute atomic E-state index is 12.6. The lowest BCUT2D eigenvalue weighted by Crippen LogP contribution is -2.51. The summed E-state index contributed by atoms with van der Waals surface area (Å²) in [6.45, 7) is 2.40. The van der Waals surface area contributed by atoms with Crippen molar-refractivity contribution in [1.82, 2.24) is 10.3 Å². The summed E-state index contributed by atoms with van der Waals surface area (Å²) in [6.07, 6.45) is 4.23. The van der Waals surface area contributed by atoms with Gasteiger partial charge < -0.3 is 11.1 Å². The highest BCUT2D eigenvalue weighted by Gasteiger charge is 2.34. The number of hydrogen-bond donors (Lipinski definition) is 2. The predicted molar refractivity (Wildman–Crippen MR) is 102 cm³/mol. The van der Waals surface area contributed by atoms with Crippen molar-refractivity contribution < 1.29 is 4.79 Å². The molecule has 2 heterocycles. The molecule has 1 fully saturated rings. The number of amides is 1. The molecule has 0 aromatic carbocycles. The number of nitrogens with zero attached hydrogens (tertiary/aromatic N) is 1. The van der Waals surface area contributed by atoms with E-state index in [1.165, 1.54) is 11.3 Å². The van der Waals surface area contributed by atoms with E-state index >= 15 is 0 Å². The third kappa shape index (κ3) is 4.25. The highest BCUT2D eigenvalue weighted by atomic mass is 35.5. The Morgan fingerprint density at radius 2 is 2.09 bits per heavy atom. The minimum absolute atomic E-state index is 0. The van der Waals surface area contributed by atoms with Crippen LogP contribution in [0.3, 0.4) is 0 Å². The fourth-order valence-electron chi connectivity index (χ4n) is 2.84. The van der Waals surface area contributed by atoms with E-state index in [0.717, 1.165) is 41.3 Å². The van der Waals surface area contributed by atoms with Crippen LogP contribution in [0.5, 0.6) is 0 Å². The fraction of sp³-hybridized carbons (Fsp3) is 0.467. The molecule has 3 rings (SSSR count). The minimum atomic E-state index is -0.212. The summed E-state index contributed by atoms with van der Waals surface area (Å²) >= 11 is 3.11. The van der Waals surface area contributed by atoms with E-state index in [1.54, 1.807) is 11.3 Å². The number of nitrogens with one attached hydrogen (secondary N) is 1.